The molecule has 0 radical (unpaired) electrons. The number of carbonyl (C=O) groups is 2. The molecule has 1 atom stereocenters. The lowest BCUT2D eigenvalue weighted by Crippen LogP contribution is -2.28. The molecule has 0 aromatic heterocycles. The molecule has 0 amide bonds. The minimum absolute atomic E-state index is 0.188. The Hall–Kier alpha value is -1.84. The molecular weight excluding hydrogens is 208 g/mol. The number of hydrogen-bond acceptors (Lipinski definition) is 3. The minimum atomic E-state index is -0.987. The molecule has 0 fully saturated rings. The second kappa shape index (κ2) is 3.63. The minimum Gasteiger partial charge on any atom is -0.481 e. The second-order valence-electron chi connectivity index (χ2n) is 3.85. The lowest BCUT2D eigenvalue weighted by molar-refractivity contribution is -0.142. The molecule has 2 rings (SSSR count). The number of aliphatic carboxylic acids is 1. The smallest absolute Gasteiger partial charge is 0.339 e. The van der Waals surface area contributed by atoms with Crippen molar-refractivity contribution >= 4 is 11.9 Å². The normalized spacial score (nSPS) is 22.7. The number of fused-ring (bicyclic) bond motifs is 1. The zero-order valence-electron chi connectivity index (χ0n) is 8.90. The fourth-order valence-corrected chi connectivity index (χ4v) is 2.11. The van der Waals surface area contributed by atoms with Crippen LogP contribution in [0.2, 0.25) is 0 Å². The van der Waals surface area contributed by atoms with Gasteiger partial charge in [-0.2, -0.15) is 0 Å². The number of esters is 1. The van der Waals surface area contributed by atoms with Gasteiger partial charge in [0.15, 0.2) is 0 Å². The van der Waals surface area contributed by atoms with Crippen molar-refractivity contribution in [1.29, 1.82) is 0 Å². The van der Waals surface area contributed by atoms with Gasteiger partial charge in [0.25, 0.3) is 0 Å². The molecule has 1 aromatic carbocycles. The topological polar surface area (TPSA) is 63.6 Å². The molecule has 0 aliphatic carbocycles. The standard InChI is InChI=1S/C12H12O4/c1-2-12(7-10(13)14)9-6-4-3-5-8(9)11(15)16-12/h3-6H,2,7H2,1H3,(H,13,14). The summed E-state index contributed by atoms with van der Waals surface area (Å²) in [6.07, 6.45) is 0.272. The molecule has 0 saturated carbocycles. The number of carbonyl (C=O) groups excluding carboxylic acids is 1. The Bertz CT molecular complexity index is 448. The fourth-order valence-electron chi connectivity index (χ4n) is 2.11. The van der Waals surface area contributed by atoms with E-state index in [0.29, 0.717) is 17.5 Å². The third-order valence-electron chi connectivity index (χ3n) is 2.93. The molecule has 4 nitrogen and oxygen atoms in total. The number of rotatable bonds is 3. The van der Waals surface area contributed by atoms with Crippen LogP contribution in [0.5, 0.6) is 0 Å². The van der Waals surface area contributed by atoms with E-state index in [1.807, 2.05) is 6.92 Å². The molecule has 1 N–H and O–H groups in total. The van der Waals surface area contributed by atoms with E-state index >= 15 is 0 Å². The number of ether oxygens (including phenoxy) is 1. The van der Waals surface area contributed by atoms with Crippen molar-refractivity contribution in [3.8, 4) is 0 Å². The fraction of sp³-hybridized carbons (Fsp3) is 0.333. The van der Waals surface area contributed by atoms with E-state index in [-0.39, 0.29) is 6.42 Å². The summed E-state index contributed by atoms with van der Waals surface area (Å²) < 4.78 is 5.26. The van der Waals surface area contributed by atoms with Crippen molar-refractivity contribution in [3.05, 3.63) is 35.4 Å². The molecule has 0 spiro atoms. The zero-order chi connectivity index (χ0) is 11.8. The van der Waals surface area contributed by atoms with Crippen LogP contribution in [0.1, 0.15) is 35.7 Å². The van der Waals surface area contributed by atoms with E-state index in [2.05, 4.69) is 0 Å². The van der Waals surface area contributed by atoms with Gasteiger partial charge in [-0.15, -0.1) is 0 Å². The van der Waals surface area contributed by atoms with Gasteiger partial charge in [0.2, 0.25) is 0 Å². The predicted molar refractivity (Wildman–Crippen MR) is 56.1 cm³/mol. The molecule has 1 aromatic rings. The van der Waals surface area contributed by atoms with E-state index in [9.17, 15) is 9.59 Å². The van der Waals surface area contributed by atoms with Crippen molar-refractivity contribution in [3.63, 3.8) is 0 Å². The Balaban J connectivity index is 2.51. The summed E-state index contributed by atoms with van der Waals surface area (Å²) in [7, 11) is 0. The molecule has 1 heterocycles. The third kappa shape index (κ3) is 1.46. The first-order chi connectivity index (χ1) is 7.59. The zero-order valence-corrected chi connectivity index (χ0v) is 8.90. The maximum atomic E-state index is 11.6. The summed E-state index contributed by atoms with van der Waals surface area (Å²) in [5, 5.41) is 8.89. The maximum absolute atomic E-state index is 11.6. The summed E-state index contributed by atoms with van der Waals surface area (Å²) in [4.78, 5) is 22.5. The summed E-state index contributed by atoms with van der Waals surface area (Å²) in [5.41, 5.74) is 0.176. The van der Waals surface area contributed by atoms with Crippen molar-refractivity contribution < 1.29 is 19.4 Å². The average Bonchev–Trinajstić information content (AvgIpc) is 2.53. The highest BCUT2D eigenvalue weighted by Gasteiger charge is 2.45. The first-order valence-corrected chi connectivity index (χ1v) is 5.14. The summed E-state index contributed by atoms with van der Waals surface area (Å²) >= 11 is 0. The first kappa shape index (κ1) is 10.7. The highest BCUT2D eigenvalue weighted by atomic mass is 16.6. The molecular formula is C12H12O4. The lowest BCUT2D eigenvalue weighted by Gasteiger charge is -2.25. The van der Waals surface area contributed by atoms with Gasteiger partial charge in [-0.25, -0.2) is 4.79 Å². The average molecular weight is 220 g/mol. The predicted octanol–water partition coefficient (Wildman–Crippen LogP) is 1.94. The number of hydrogen-bond donors (Lipinski definition) is 1. The van der Waals surface area contributed by atoms with Crippen molar-refractivity contribution in [1.82, 2.24) is 0 Å². The molecule has 16 heavy (non-hydrogen) atoms. The number of cyclic esters (lactones) is 1. The highest BCUT2D eigenvalue weighted by molar-refractivity contribution is 5.95. The summed E-state index contributed by atoms with van der Waals surface area (Å²) in [6, 6.07) is 6.95. The van der Waals surface area contributed by atoms with Gasteiger partial charge in [-0.3, -0.25) is 4.79 Å². The third-order valence-corrected chi connectivity index (χ3v) is 2.93. The number of carboxylic acid groups (broad SMARTS) is 1. The van der Waals surface area contributed by atoms with E-state index in [0.717, 1.165) is 0 Å². The Morgan fingerprint density at radius 3 is 2.75 bits per heavy atom. The van der Waals surface area contributed by atoms with Crippen LogP contribution in [0, 0.1) is 0 Å². The summed E-state index contributed by atoms with van der Waals surface area (Å²) in [6.45, 7) is 1.82. The largest absolute Gasteiger partial charge is 0.481 e. The number of benzene rings is 1. The van der Waals surface area contributed by atoms with Crippen LogP contribution >= 0.6 is 0 Å². The summed E-state index contributed by atoms with van der Waals surface area (Å²) in [5.74, 6) is -1.40. The van der Waals surface area contributed by atoms with Crippen LogP contribution in [-0.4, -0.2) is 17.0 Å². The van der Waals surface area contributed by atoms with E-state index in [1.165, 1.54) is 0 Å². The molecule has 1 unspecified atom stereocenters. The Morgan fingerprint density at radius 1 is 1.44 bits per heavy atom. The Kier molecular flexibility index (Phi) is 2.42. The van der Waals surface area contributed by atoms with Gasteiger partial charge < -0.3 is 9.84 Å². The maximum Gasteiger partial charge on any atom is 0.339 e. The van der Waals surface area contributed by atoms with E-state index in [4.69, 9.17) is 9.84 Å². The van der Waals surface area contributed by atoms with Gasteiger partial charge in [-0.05, 0) is 12.5 Å². The quantitative estimate of drug-likeness (QED) is 0.790. The Labute approximate surface area is 92.8 Å². The van der Waals surface area contributed by atoms with E-state index < -0.39 is 17.5 Å². The van der Waals surface area contributed by atoms with Crippen LogP contribution in [0.4, 0.5) is 0 Å². The molecule has 1 aliphatic rings. The highest BCUT2D eigenvalue weighted by Crippen LogP contribution is 2.41. The van der Waals surface area contributed by atoms with Gasteiger partial charge in [0.05, 0.1) is 12.0 Å². The lowest BCUT2D eigenvalue weighted by atomic mass is 9.87. The molecule has 1 aliphatic heterocycles. The van der Waals surface area contributed by atoms with Crippen LogP contribution in [-0.2, 0) is 15.1 Å². The monoisotopic (exact) mass is 220 g/mol. The van der Waals surface area contributed by atoms with Gasteiger partial charge in [-0.1, -0.05) is 25.1 Å². The first-order valence-electron chi connectivity index (χ1n) is 5.14. The van der Waals surface area contributed by atoms with Gasteiger partial charge >= 0.3 is 11.9 Å². The molecule has 0 bridgehead atoms. The van der Waals surface area contributed by atoms with Crippen molar-refractivity contribution in [2.75, 3.05) is 0 Å². The molecule has 4 heteroatoms. The number of carboxylic acids is 1. The van der Waals surface area contributed by atoms with E-state index in [1.54, 1.807) is 24.3 Å². The Morgan fingerprint density at radius 2 is 2.12 bits per heavy atom. The van der Waals surface area contributed by atoms with Crippen LogP contribution in [0.25, 0.3) is 0 Å². The molecule has 84 valence electrons. The van der Waals surface area contributed by atoms with Crippen molar-refractivity contribution in [2.45, 2.75) is 25.4 Å². The molecule has 0 saturated heterocycles. The second-order valence-corrected chi connectivity index (χ2v) is 3.85. The van der Waals surface area contributed by atoms with Crippen molar-refractivity contribution in [2.24, 2.45) is 0 Å². The van der Waals surface area contributed by atoms with Crippen LogP contribution in [0.15, 0.2) is 24.3 Å². The SMILES string of the molecule is CCC1(CC(=O)O)OC(=O)c2ccccc21. The van der Waals surface area contributed by atoms with Gasteiger partial charge in [0, 0.05) is 5.56 Å². The van der Waals surface area contributed by atoms with Crippen LogP contribution < -0.4 is 0 Å². The van der Waals surface area contributed by atoms with Crippen LogP contribution in [0.3, 0.4) is 0 Å². The van der Waals surface area contributed by atoms with Gasteiger partial charge in [0.1, 0.15) is 5.60 Å².